The predicted octanol–water partition coefficient (Wildman–Crippen LogP) is -0.391. The number of anilines is 2. The van der Waals surface area contributed by atoms with E-state index in [-0.39, 0.29) is 12.3 Å². The van der Waals surface area contributed by atoms with Crippen LogP contribution in [0, 0.1) is 0 Å². The second-order valence-electron chi connectivity index (χ2n) is 3.11. The maximum absolute atomic E-state index is 10.7. The molecule has 1 aromatic rings. The molecule has 0 radical (unpaired) electrons. The molecule has 0 spiro atoms. The van der Waals surface area contributed by atoms with Crippen molar-refractivity contribution in [2.45, 2.75) is 6.92 Å². The van der Waals surface area contributed by atoms with Gasteiger partial charge in [-0.15, -0.1) is 0 Å². The number of nitrogens with zero attached hydrogens (tertiary/aromatic N) is 2. The molecule has 0 amide bonds. The maximum atomic E-state index is 10.7. The summed E-state index contributed by atoms with van der Waals surface area (Å²) in [5, 5.41) is 10.7. The molecule has 16 heavy (non-hydrogen) atoms. The van der Waals surface area contributed by atoms with Crippen molar-refractivity contribution >= 4 is 21.7 Å². The van der Waals surface area contributed by atoms with Crippen LogP contribution < -0.4 is 15.8 Å². The zero-order valence-electron chi connectivity index (χ0n) is 8.97. The summed E-state index contributed by atoms with van der Waals surface area (Å²) in [6.07, 6.45) is 1.40. The van der Waals surface area contributed by atoms with Gasteiger partial charge in [0.2, 0.25) is 10.0 Å². The molecule has 7 nitrogen and oxygen atoms in total. The summed E-state index contributed by atoms with van der Waals surface area (Å²) in [6.45, 7) is 2.94. The van der Waals surface area contributed by atoms with Gasteiger partial charge in [-0.1, -0.05) is 0 Å². The molecule has 0 saturated heterocycles. The van der Waals surface area contributed by atoms with Crippen LogP contribution in [0.5, 0.6) is 0 Å². The van der Waals surface area contributed by atoms with Gasteiger partial charge >= 0.3 is 0 Å². The Morgan fingerprint density at radius 1 is 1.31 bits per heavy atom. The van der Waals surface area contributed by atoms with Crippen LogP contribution in [0.25, 0.3) is 0 Å². The first-order valence-corrected chi connectivity index (χ1v) is 6.53. The van der Waals surface area contributed by atoms with Gasteiger partial charge in [0.25, 0.3) is 0 Å². The van der Waals surface area contributed by atoms with Crippen molar-refractivity contribution in [1.29, 1.82) is 0 Å². The van der Waals surface area contributed by atoms with E-state index in [1.54, 1.807) is 6.07 Å². The van der Waals surface area contributed by atoms with E-state index >= 15 is 0 Å². The van der Waals surface area contributed by atoms with Gasteiger partial charge in [0.05, 0.1) is 5.75 Å². The van der Waals surface area contributed by atoms with Crippen LogP contribution >= 0.6 is 0 Å². The van der Waals surface area contributed by atoms with Crippen molar-refractivity contribution in [3.05, 3.63) is 12.4 Å². The minimum atomic E-state index is -3.44. The summed E-state index contributed by atoms with van der Waals surface area (Å²) in [5.41, 5.74) is 0. The standard InChI is InChI=1S/C8H15N5O2S/c1-2-10-7-5-8(13-6-12-7)11-3-4-16(9,14)15/h5-6H,2-4H2,1H3,(H2,9,14,15)(H2,10,11,12,13). The highest BCUT2D eigenvalue weighted by molar-refractivity contribution is 7.89. The van der Waals surface area contributed by atoms with Crippen molar-refractivity contribution in [3.8, 4) is 0 Å². The molecule has 0 unspecified atom stereocenters. The van der Waals surface area contributed by atoms with E-state index in [2.05, 4.69) is 20.6 Å². The molecule has 8 heteroatoms. The van der Waals surface area contributed by atoms with E-state index in [9.17, 15) is 8.42 Å². The van der Waals surface area contributed by atoms with Crippen molar-refractivity contribution in [1.82, 2.24) is 9.97 Å². The first-order chi connectivity index (χ1) is 7.51. The van der Waals surface area contributed by atoms with Crippen LogP contribution in [0.2, 0.25) is 0 Å². The number of nitrogens with two attached hydrogens (primary N) is 1. The van der Waals surface area contributed by atoms with Gasteiger partial charge in [-0.05, 0) is 6.92 Å². The van der Waals surface area contributed by atoms with Gasteiger partial charge in [-0.3, -0.25) is 0 Å². The largest absolute Gasteiger partial charge is 0.370 e. The number of sulfonamides is 1. The Kier molecular flexibility index (Phi) is 4.44. The Hall–Kier alpha value is -1.41. The molecule has 0 aromatic carbocycles. The maximum Gasteiger partial charge on any atom is 0.210 e. The summed E-state index contributed by atoms with van der Waals surface area (Å²) < 4.78 is 21.4. The van der Waals surface area contributed by atoms with Crippen molar-refractivity contribution < 1.29 is 8.42 Å². The quantitative estimate of drug-likeness (QED) is 0.629. The van der Waals surface area contributed by atoms with E-state index in [4.69, 9.17) is 5.14 Å². The first kappa shape index (κ1) is 12.7. The van der Waals surface area contributed by atoms with Crippen LogP contribution in [0.15, 0.2) is 12.4 Å². The lowest BCUT2D eigenvalue weighted by Crippen LogP contribution is -2.22. The lowest BCUT2D eigenvalue weighted by Gasteiger charge is -2.06. The Labute approximate surface area is 94.5 Å². The lowest BCUT2D eigenvalue weighted by atomic mass is 10.5. The fourth-order valence-corrected chi connectivity index (χ4v) is 1.44. The Morgan fingerprint density at radius 3 is 2.50 bits per heavy atom. The lowest BCUT2D eigenvalue weighted by molar-refractivity contribution is 0.598. The molecule has 0 atom stereocenters. The van der Waals surface area contributed by atoms with Crippen LogP contribution in [0.4, 0.5) is 11.6 Å². The average molecular weight is 245 g/mol. The molecule has 1 heterocycles. The Morgan fingerprint density at radius 2 is 1.94 bits per heavy atom. The molecule has 90 valence electrons. The summed E-state index contributed by atoms with van der Waals surface area (Å²) in [4.78, 5) is 7.92. The van der Waals surface area contributed by atoms with E-state index in [0.29, 0.717) is 11.6 Å². The van der Waals surface area contributed by atoms with Gasteiger partial charge in [0, 0.05) is 19.2 Å². The molecule has 1 aromatic heterocycles. The summed E-state index contributed by atoms with van der Waals surface area (Å²) in [7, 11) is -3.44. The molecule has 1 rings (SSSR count). The highest BCUT2D eigenvalue weighted by atomic mass is 32.2. The number of primary sulfonamides is 1. The van der Waals surface area contributed by atoms with Crippen LogP contribution in [0.3, 0.4) is 0 Å². The highest BCUT2D eigenvalue weighted by Crippen LogP contribution is 2.07. The third-order valence-corrected chi connectivity index (χ3v) is 2.49. The van der Waals surface area contributed by atoms with Gasteiger partial charge in [0.15, 0.2) is 0 Å². The third kappa shape index (κ3) is 4.89. The van der Waals surface area contributed by atoms with Gasteiger partial charge in [-0.25, -0.2) is 23.5 Å². The van der Waals surface area contributed by atoms with E-state index in [0.717, 1.165) is 6.54 Å². The first-order valence-electron chi connectivity index (χ1n) is 4.81. The normalized spacial score (nSPS) is 11.1. The van der Waals surface area contributed by atoms with Gasteiger partial charge in [0.1, 0.15) is 18.0 Å². The topological polar surface area (TPSA) is 110 Å². The van der Waals surface area contributed by atoms with Crippen molar-refractivity contribution in [2.75, 3.05) is 29.5 Å². The zero-order chi connectivity index (χ0) is 12.0. The van der Waals surface area contributed by atoms with Crippen LogP contribution in [-0.2, 0) is 10.0 Å². The molecule has 4 N–H and O–H groups in total. The summed E-state index contributed by atoms with van der Waals surface area (Å²) >= 11 is 0. The molecule has 0 aliphatic rings. The highest BCUT2D eigenvalue weighted by Gasteiger charge is 2.02. The fourth-order valence-electron chi connectivity index (χ4n) is 1.05. The second kappa shape index (κ2) is 5.61. The number of hydrogen-bond donors (Lipinski definition) is 3. The summed E-state index contributed by atoms with van der Waals surface area (Å²) in [5.74, 6) is 1.12. The zero-order valence-corrected chi connectivity index (χ0v) is 9.79. The minimum absolute atomic E-state index is 0.131. The molecular weight excluding hydrogens is 230 g/mol. The van der Waals surface area contributed by atoms with Gasteiger partial charge in [-0.2, -0.15) is 0 Å². The average Bonchev–Trinajstić information content (AvgIpc) is 2.17. The summed E-state index contributed by atoms with van der Waals surface area (Å²) in [6, 6.07) is 1.70. The Balaban J connectivity index is 2.51. The third-order valence-electron chi connectivity index (χ3n) is 1.72. The van der Waals surface area contributed by atoms with Crippen molar-refractivity contribution in [2.24, 2.45) is 5.14 Å². The molecule has 0 fully saturated rings. The molecule has 0 aliphatic heterocycles. The number of rotatable bonds is 6. The second-order valence-corrected chi connectivity index (χ2v) is 4.85. The SMILES string of the molecule is CCNc1cc(NCCS(N)(=O)=O)ncn1. The molecule has 0 aliphatic carbocycles. The van der Waals surface area contributed by atoms with Crippen LogP contribution in [-0.4, -0.2) is 37.2 Å². The van der Waals surface area contributed by atoms with E-state index in [1.807, 2.05) is 6.92 Å². The smallest absolute Gasteiger partial charge is 0.210 e. The van der Waals surface area contributed by atoms with E-state index in [1.165, 1.54) is 6.33 Å². The monoisotopic (exact) mass is 245 g/mol. The number of aromatic nitrogens is 2. The fraction of sp³-hybridized carbons (Fsp3) is 0.500. The predicted molar refractivity (Wildman–Crippen MR) is 62.7 cm³/mol. The minimum Gasteiger partial charge on any atom is -0.370 e. The molecule has 0 bridgehead atoms. The number of hydrogen-bond acceptors (Lipinski definition) is 6. The molecular formula is C8H15N5O2S. The van der Waals surface area contributed by atoms with Crippen molar-refractivity contribution in [3.63, 3.8) is 0 Å². The van der Waals surface area contributed by atoms with Gasteiger partial charge < -0.3 is 10.6 Å². The number of nitrogens with one attached hydrogen (secondary N) is 2. The van der Waals surface area contributed by atoms with Crippen LogP contribution in [0.1, 0.15) is 6.92 Å². The van der Waals surface area contributed by atoms with E-state index < -0.39 is 10.0 Å². The molecule has 0 saturated carbocycles. The Bertz CT molecular complexity index is 434.